The monoisotopic (exact) mass is 762 g/mol. The summed E-state index contributed by atoms with van der Waals surface area (Å²) in [5, 5.41) is 11.3. The van der Waals surface area contributed by atoms with Crippen LogP contribution in [0.15, 0.2) is 41.8 Å². The predicted molar refractivity (Wildman–Crippen MR) is 199 cm³/mol. The molecule has 52 heavy (non-hydrogen) atoms. The molecule has 2 aliphatic carbocycles. The Balaban J connectivity index is 1.52. The average Bonchev–Trinajstić information content (AvgIpc) is 3.91. The summed E-state index contributed by atoms with van der Waals surface area (Å²) >= 11 is 6.05. The molecule has 1 aromatic rings. The van der Waals surface area contributed by atoms with E-state index in [1.54, 1.807) is 12.1 Å². The number of nitrogens with one attached hydrogen (secondary N) is 4. The van der Waals surface area contributed by atoms with Crippen molar-refractivity contribution in [2.45, 2.75) is 97.3 Å². The number of fused-ring (bicyclic) bond motifs is 1. The van der Waals surface area contributed by atoms with Gasteiger partial charge in [-0.2, -0.15) is 4.31 Å². The fourth-order valence-corrected chi connectivity index (χ4v) is 8.60. The smallest absolute Gasteiger partial charge is 0.315 e. The molecule has 4 N–H and O–H groups in total. The fraction of sp³-hybridized carbons (Fsp3) is 0.649. The van der Waals surface area contributed by atoms with Crippen molar-refractivity contribution < 1.29 is 32.4 Å². The number of rotatable bonds is 14. The number of halogens is 1. The molecule has 1 aliphatic heterocycles. The summed E-state index contributed by atoms with van der Waals surface area (Å²) in [5.74, 6) is -2.77. The minimum absolute atomic E-state index is 0.0206. The number of piperidine rings is 1. The lowest BCUT2D eigenvalue weighted by Crippen LogP contribution is -2.63. The highest BCUT2D eigenvalue weighted by Crippen LogP contribution is 2.65. The van der Waals surface area contributed by atoms with E-state index in [0.29, 0.717) is 19.4 Å². The molecule has 288 valence electrons. The Morgan fingerprint density at radius 1 is 1.04 bits per heavy atom. The Morgan fingerprint density at radius 3 is 2.21 bits per heavy atom. The molecule has 4 rings (SSSR count). The van der Waals surface area contributed by atoms with Crippen molar-refractivity contribution in [2.75, 3.05) is 26.7 Å². The molecule has 13 nitrogen and oxygen atoms in total. The van der Waals surface area contributed by atoms with E-state index in [4.69, 9.17) is 11.6 Å². The van der Waals surface area contributed by atoms with Crippen LogP contribution in [0.3, 0.4) is 0 Å². The number of likely N-dealkylation sites (tertiary alicyclic amines) is 1. The van der Waals surface area contributed by atoms with Crippen molar-refractivity contribution in [3.05, 3.63) is 41.9 Å². The summed E-state index contributed by atoms with van der Waals surface area (Å²) in [6.45, 7) is 19.0. The second-order valence-electron chi connectivity index (χ2n) is 17.2. The van der Waals surface area contributed by atoms with Crippen LogP contribution in [0.4, 0.5) is 4.79 Å². The maximum atomic E-state index is 14.5. The molecule has 6 atom stereocenters. The first-order chi connectivity index (χ1) is 23.9. The average molecular weight is 763 g/mol. The summed E-state index contributed by atoms with van der Waals surface area (Å²) < 4.78 is 27.9. The van der Waals surface area contributed by atoms with E-state index in [-0.39, 0.29) is 46.2 Å². The van der Waals surface area contributed by atoms with Gasteiger partial charge in [0.05, 0.1) is 4.90 Å². The van der Waals surface area contributed by atoms with Crippen LogP contribution in [0.5, 0.6) is 0 Å². The summed E-state index contributed by atoms with van der Waals surface area (Å²) in [7, 11) is -2.51. The van der Waals surface area contributed by atoms with Gasteiger partial charge in [-0.3, -0.25) is 19.2 Å². The van der Waals surface area contributed by atoms with Crippen molar-refractivity contribution >= 4 is 51.2 Å². The van der Waals surface area contributed by atoms with Gasteiger partial charge in [-0.1, -0.05) is 79.1 Å². The Bertz CT molecular complexity index is 1700. The number of ketones is 1. The molecule has 0 spiro atoms. The normalized spacial score (nSPS) is 22.8. The minimum Gasteiger partial charge on any atom is -0.346 e. The minimum atomic E-state index is -3.94. The number of sulfonamides is 1. The zero-order valence-corrected chi connectivity index (χ0v) is 33.3. The van der Waals surface area contributed by atoms with Crippen LogP contribution in [-0.4, -0.2) is 98.0 Å². The highest BCUT2D eigenvalue weighted by atomic mass is 35.5. The summed E-state index contributed by atoms with van der Waals surface area (Å²) in [6, 6.07) is 1.62. The molecular formula is C37H55ClN6O7S. The molecule has 1 unspecified atom stereocenters. The first-order valence-electron chi connectivity index (χ1n) is 17.8. The largest absolute Gasteiger partial charge is 0.346 e. The van der Waals surface area contributed by atoms with E-state index in [2.05, 4.69) is 27.8 Å². The molecular weight excluding hydrogens is 708 g/mol. The maximum Gasteiger partial charge on any atom is 0.315 e. The van der Waals surface area contributed by atoms with E-state index < -0.39 is 74.6 Å². The zero-order chi connectivity index (χ0) is 39.1. The molecule has 1 heterocycles. The van der Waals surface area contributed by atoms with Gasteiger partial charge in [0.15, 0.2) is 0 Å². The number of nitrogens with zero attached hydrogens (tertiary/aromatic N) is 2. The van der Waals surface area contributed by atoms with Crippen LogP contribution in [0, 0.1) is 34.0 Å². The summed E-state index contributed by atoms with van der Waals surface area (Å²) in [5.41, 5.74) is -1.62. The van der Waals surface area contributed by atoms with Crippen LogP contribution >= 0.6 is 11.6 Å². The number of likely N-dealkylation sites (N-methyl/N-ethyl adjacent to an activating group) is 1. The van der Waals surface area contributed by atoms with E-state index in [0.717, 1.165) is 4.31 Å². The van der Waals surface area contributed by atoms with Crippen LogP contribution in [0.2, 0.25) is 5.02 Å². The molecule has 0 bridgehead atoms. The molecule has 15 heteroatoms. The van der Waals surface area contributed by atoms with Crippen molar-refractivity contribution in [3.63, 3.8) is 0 Å². The van der Waals surface area contributed by atoms with Crippen molar-refractivity contribution in [3.8, 4) is 0 Å². The standard InChI is InChI=1S/C37H55ClN6O7S/c1-11-17-39-32(47)29(45)27(21-15-16-21)41-31(46)28-26-24(37(26,8)9)19-44(28)33(48)30(36(5,6)7)42-34(49)40-25(35(2,3)4)20-43(10)52(50,51)23-14-12-13-22(38)18-23/h11-14,18,21,24-28,30H,1,15-17,19-20H2,2-10H3,(H,39,47)(H,41,46)(H2,40,42,49)/t24-,25+,26-,27?,28-,30+/m0/s1. The third-order valence-electron chi connectivity index (χ3n) is 10.7. The van der Waals surface area contributed by atoms with Gasteiger partial charge in [0.25, 0.3) is 5.91 Å². The predicted octanol–water partition coefficient (Wildman–Crippen LogP) is 3.34. The Kier molecular flexibility index (Phi) is 12.0. The number of Topliss-reactive ketones (excluding diaryl/α,β-unsaturated/α-hetero) is 1. The van der Waals surface area contributed by atoms with Crippen LogP contribution in [0.25, 0.3) is 0 Å². The molecule has 0 radical (unpaired) electrons. The van der Waals surface area contributed by atoms with Crippen molar-refractivity contribution in [1.29, 1.82) is 0 Å². The van der Waals surface area contributed by atoms with Crippen molar-refractivity contribution in [1.82, 2.24) is 30.5 Å². The highest BCUT2D eigenvalue weighted by molar-refractivity contribution is 7.89. The SMILES string of the molecule is C=CCNC(=O)C(=O)C(NC(=O)[C@@H]1[C@@H]2[C@H](CN1C(=O)[C@@H](NC(=O)N[C@H](CN(C)S(=O)(=O)c1cccc(Cl)c1)C(C)(C)C)C(C)(C)C)C2(C)C)C1CC1. The van der Waals surface area contributed by atoms with Crippen LogP contribution in [0.1, 0.15) is 68.2 Å². The number of hydrogen-bond acceptors (Lipinski definition) is 7. The van der Waals surface area contributed by atoms with E-state index in [1.807, 2.05) is 55.4 Å². The first kappa shape index (κ1) is 41.3. The molecule has 5 amide bonds. The van der Waals surface area contributed by atoms with Gasteiger partial charge >= 0.3 is 6.03 Å². The highest BCUT2D eigenvalue weighted by Gasteiger charge is 2.70. The van der Waals surface area contributed by atoms with Gasteiger partial charge in [-0.15, -0.1) is 6.58 Å². The van der Waals surface area contributed by atoms with E-state index >= 15 is 0 Å². The Hall–Kier alpha value is -3.49. The molecule has 1 saturated heterocycles. The van der Waals surface area contributed by atoms with Gasteiger partial charge in [0.2, 0.25) is 27.6 Å². The van der Waals surface area contributed by atoms with E-state index in [9.17, 15) is 32.4 Å². The number of carbonyl (C=O) groups excluding carboxylic acids is 5. The van der Waals surface area contributed by atoms with Gasteiger partial charge in [0.1, 0.15) is 18.1 Å². The van der Waals surface area contributed by atoms with Gasteiger partial charge in [0, 0.05) is 37.7 Å². The van der Waals surface area contributed by atoms with E-state index in [1.165, 1.54) is 30.2 Å². The molecule has 3 aliphatic rings. The number of amides is 5. The first-order valence-corrected chi connectivity index (χ1v) is 19.6. The quantitative estimate of drug-likeness (QED) is 0.166. The zero-order valence-electron chi connectivity index (χ0n) is 31.7. The summed E-state index contributed by atoms with van der Waals surface area (Å²) in [6.07, 6.45) is 2.85. The second kappa shape index (κ2) is 15.1. The van der Waals surface area contributed by atoms with Crippen LogP contribution < -0.4 is 21.3 Å². The lowest BCUT2D eigenvalue weighted by atomic mass is 9.85. The third-order valence-corrected chi connectivity index (χ3v) is 12.8. The third kappa shape index (κ3) is 8.99. The Labute approximate surface area is 313 Å². The molecule has 2 saturated carbocycles. The number of benzene rings is 1. The lowest BCUT2D eigenvalue weighted by molar-refractivity contribution is -0.145. The molecule has 0 aromatic heterocycles. The molecule has 1 aromatic carbocycles. The maximum absolute atomic E-state index is 14.5. The van der Waals surface area contributed by atoms with Gasteiger partial charge in [-0.05, 0) is 65.0 Å². The topological polar surface area (TPSA) is 174 Å². The lowest BCUT2D eigenvalue weighted by Gasteiger charge is -2.39. The van der Waals surface area contributed by atoms with Crippen LogP contribution in [-0.2, 0) is 29.2 Å². The molecule has 3 fully saturated rings. The summed E-state index contributed by atoms with van der Waals surface area (Å²) in [4.78, 5) is 69.4. The van der Waals surface area contributed by atoms with Gasteiger partial charge < -0.3 is 26.2 Å². The Morgan fingerprint density at radius 2 is 1.67 bits per heavy atom. The fourth-order valence-electron chi connectivity index (χ4n) is 7.12. The van der Waals surface area contributed by atoms with Crippen molar-refractivity contribution in [2.24, 2.45) is 34.0 Å². The second-order valence-corrected chi connectivity index (χ2v) is 19.6. The number of urea groups is 1. The number of hydrogen-bond donors (Lipinski definition) is 4. The van der Waals surface area contributed by atoms with Gasteiger partial charge in [-0.25, -0.2) is 13.2 Å². The number of carbonyl (C=O) groups is 5.